The quantitative estimate of drug-likeness (QED) is 0.735. The maximum Gasteiger partial charge on any atom is 0.253 e. The van der Waals surface area contributed by atoms with Gasteiger partial charge in [-0.1, -0.05) is 35.8 Å². The first-order valence-electron chi connectivity index (χ1n) is 8.90. The second-order valence-corrected chi connectivity index (χ2v) is 9.61. The van der Waals surface area contributed by atoms with Crippen molar-refractivity contribution in [2.45, 2.75) is 38.0 Å². The van der Waals surface area contributed by atoms with E-state index < -0.39 is 0 Å². The molecule has 2 aliphatic rings. The number of carbonyl (C=O) groups excluding carboxylic acids is 2. The van der Waals surface area contributed by atoms with Crippen LogP contribution >= 0.6 is 27.7 Å². The van der Waals surface area contributed by atoms with Gasteiger partial charge >= 0.3 is 0 Å². The third kappa shape index (κ3) is 4.05. The van der Waals surface area contributed by atoms with Crippen molar-refractivity contribution in [1.82, 2.24) is 9.80 Å². The van der Waals surface area contributed by atoms with Crippen molar-refractivity contribution in [3.05, 3.63) is 34.3 Å². The van der Waals surface area contributed by atoms with Crippen LogP contribution in [0, 0.1) is 5.92 Å². The predicted octanol–water partition coefficient (Wildman–Crippen LogP) is 4.00. The molecule has 0 N–H and O–H groups in total. The molecular weight excluding hydrogens is 400 g/mol. The van der Waals surface area contributed by atoms with Crippen LogP contribution in [0.2, 0.25) is 0 Å². The maximum absolute atomic E-state index is 12.7. The van der Waals surface area contributed by atoms with Gasteiger partial charge in [-0.2, -0.15) is 0 Å². The van der Waals surface area contributed by atoms with Gasteiger partial charge in [-0.25, -0.2) is 0 Å². The van der Waals surface area contributed by atoms with Crippen molar-refractivity contribution in [1.29, 1.82) is 0 Å². The molecule has 0 aromatic heterocycles. The number of hydrogen-bond acceptors (Lipinski definition) is 3. The molecule has 136 valence electrons. The summed E-state index contributed by atoms with van der Waals surface area (Å²) in [6, 6.07) is 7.55. The van der Waals surface area contributed by atoms with Crippen molar-refractivity contribution in [3.8, 4) is 0 Å². The Bertz CT molecular complexity index is 657. The van der Waals surface area contributed by atoms with E-state index in [-0.39, 0.29) is 16.7 Å². The van der Waals surface area contributed by atoms with Gasteiger partial charge in [0.05, 0.1) is 4.87 Å². The first kappa shape index (κ1) is 18.8. The van der Waals surface area contributed by atoms with Gasteiger partial charge in [-0.15, -0.1) is 11.8 Å². The Hall–Kier alpha value is -1.01. The lowest BCUT2D eigenvalue weighted by atomic mass is 9.99. The van der Waals surface area contributed by atoms with Gasteiger partial charge in [0.25, 0.3) is 5.91 Å². The summed E-state index contributed by atoms with van der Waals surface area (Å²) in [6.45, 7) is 6.45. The molecule has 1 aromatic rings. The molecule has 0 aliphatic carbocycles. The summed E-state index contributed by atoms with van der Waals surface area (Å²) in [6.07, 6.45) is 2.34. The minimum Gasteiger partial charge on any atom is -0.338 e. The van der Waals surface area contributed by atoms with E-state index in [1.807, 2.05) is 40.9 Å². The molecule has 0 bridgehead atoms. The first-order valence-corrected chi connectivity index (χ1v) is 10.7. The fraction of sp³-hybridized carbons (Fsp3) is 0.579. The number of hydrogen-bond donors (Lipinski definition) is 0. The monoisotopic (exact) mass is 424 g/mol. The van der Waals surface area contributed by atoms with Crippen LogP contribution in [-0.4, -0.2) is 51.9 Å². The van der Waals surface area contributed by atoms with Gasteiger partial charge in [0.1, 0.15) is 0 Å². The zero-order chi connectivity index (χ0) is 18.0. The lowest BCUT2D eigenvalue weighted by Gasteiger charge is -2.44. The van der Waals surface area contributed by atoms with E-state index in [9.17, 15) is 9.59 Å². The molecule has 0 saturated carbocycles. The summed E-state index contributed by atoms with van der Waals surface area (Å²) in [5, 5.41) is 0. The van der Waals surface area contributed by atoms with E-state index in [4.69, 9.17) is 0 Å². The molecule has 1 spiro atoms. The Labute approximate surface area is 162 Å². The van der Waals surface area contributed by atoms with Crippen LogP contribution in [0.4, 0.5) is 0 Å². The minimum atomic E-state index is -0.0972. The van der Waals surface area contributed by atoms with Crippen LogP contribution < -0.4 is 0 Å². The molecule has 2 aliphatic heterocycles. The number of benzene rings is 1. The van der Waals surface area contributed by atoms with E-state index in [1.165, 1.54) is 0 Å². The predicted molar refractivity (Wildman–Crippen MR) is 106 cm³/mol. The smallest absolute Gasteiger partial charge is 0.253 e. The second kappa shape index (κ2) is 7.70. The summed E-state index contributed by atoms with van der Waals surface area (Å²) in [5.74, 6) is 1.74. The van der Waals surface area contributed by atoms with E-state index in [0.717, 1.165) is 35.2 Å². The van der Waals surface area contributed by atoms with Gasteiger partial charge in [0, 0.05) is 41.8 Å². The van der Waals surface area contributed by atoms with Crippen molar-refractivity contribution in [3.63, 3.8) is 0 Å². The van der Waals surface area contributed by atoms with Gasteiger partial charge in [-0.3, -0.25) is 9.59 Å². The average molecular weight is 425 g/mol. The molecule has 2 fully saturated rings. The number of likely N-dealkylation sites (tertiary alicyclic amines) is 1. The van der Waals surface area contributed by atoms with Gasteiger partial charge in [-0.05, 0) is 37.0 Å². The lowest BCUT2D eigenvalue weighted by molar-refractivity contribution is -0.135. The minimum absolute atomic E-state index is 0.0826. The number of amides is 2. The molecule has 4 nitrogen and oxygen atoms in total. The lowest BCUT2D eigenvalue weighted by Crippen LogP contribution is -2.53. The molecule has 2 heterocycles. The van der Waals surface area contributed by atoms with E-state index in [0.29, 0.717) is 25.4 Å². The highest BCUT2D eigenvalue weighted by atomic mass is 79.9. The zero-order valence-electron chi connectivity index (χ0n) is 14.8. The molecule has 25 heavy (non-hydrogen) atoms. The molecule has 2 saturated heterocycles. The topological polar surface area (TPSA) is 40.6 Å². The molecule has 1 aromatic carbocycles. The Morgan fingerprint density at radius 1 is 1.24 bits per heavy atom. The summed E-state index contributed by atoms with van der Waals surface area (Å²) in [4.78, 5) is 29.3. The van der Waals surface area contributed by atoms with Crippen LogP contribution in [0.5, 0.6) is 0 Å². The average Bonchev–Trinajstić information content (AvgIpc) is 2.97. The van der Waals surface area contributed by atoms with Gasteiger partial charge in [0.2, 0.25) is 5.91 Å². The number of nitrogens with zero attached hydrogens (tertiary/aromatic N) is 2. The first-order chi connectivity index (χ1) is 11.9. The molecule has 0 atom stereocenters. The van der Waals surface area contributed by atoms with E-state index in [2.05, 4.69) is 34.7 Å². The number of rotatable bonds is 3. The maximum atomic E-state index is 12.7. The zero-order valence-corrected chi connectivity index (χ0v) is 17.2. The summed E-state index contributed by atoms with van der Waals surface area (Å²) >= 11 is 5.33. The summed E-state index contributed by atoms with van der Waals surface area (Å²) in [7, 11) is 0. The number of halogens is 1. The Morgan fingerprint density at radius 2 is 1.96 bits per heavy atom. The Morgan fingerprint density at radius 3 is 2.60 bits per heavy atom. The van der Waals surface area contributed by atoms with Gasteiger partial charge in [0.15, 0.2) is 0 Å². The fourth-order valence-corrected chi connectivity index (χ4v) is 5.57. The second-order valence-electron chi connectivity index (χ2n) is 7.24. The summed E-state index contributed by atoms with van der Waals surface area (Å²) < 4.78 is 0.920. The fourth-order valence-electron chi connectivity index (χ4n) is 3.70. The molecule has 2 amide bonds. The number of thioether (sulfide) groups is 1. The highest BCUT2D eigenvalue weighted by Gasteiger charge is 2.46. The molecule has 3 rings (SSSR count). The largest absolute Gasteiger partial charge is 0.338 e. The van der Waals surface area contributed by atoms with Crippen LogP contribution in [0.25, 0.3) is 0 Å². The van der Waals surface area contributed by atoms with Crippen LogP contribution in [0.15, 0.2) is 28.7 Å². The van der Waals surface area contributed by atoms with Crippen LogP contribution in [0.1, 0.15) is 43.5 Å². The third-order valence-corrected chi connectivity index (χ3v) is 7.01. The summed E-state index contributed by atoms with van der Waals surface area (Å²) in [5.41, 5.74) is 0.720. The Balaban J connectivity index is 1.66. The molecule has 6 heteroatoms. The standard InChI is InChI=1S/C19H25BrN2O2S/c1-14(2)12-17(23)22-10-11-25-19(22)6-8-21(9-7-19)18(24)15-4-3-5-16(20)13-15/h3-5,13-14H,6-12H2,1-2H3. The van der Waals surface area contributed by atoms with E-state index in [1.54, 1.807) is 0 Å². The third-order valence-electron chi connectivity index (χ3n) is 4.96. The number of carbonyl (C=O) groups is 2. The highest BCUT2D eigenvalue weighted by molar-refractivity contribution is 9.10. The molecule has 0 unspecified atom stereocenters. The normalized spacial score (nSPS) is 19.7. The number of piperidine rings is 1. The highest BCUT2D eigenvalue weighted by Crippen LogP contribution is 2.44. The Kier molecular flexibility index (Phi) is 5.78. The van der Waals surface area contributed by atoms with Crippen LogP contribution in [-0.2, 0) is 4.79 Å². The van der Waals surface area contributed by atoms with Crippen molar-refractivity contribution < 1.29 is 9.59 Å². The molecular formula is C19H25BrN2O2S. The SMILES string of the molecule is CC(C)CC(=O)N1CCSC12CCN(C(=O)c1cccc(Br)c1)CC2. The van der Waals surface area contributed by atoms with E-state index >= 15 is 0 Å². The van der Waals surface area contributed by atoms with Crippen molar-refractivity contribution >= 4 is 39.5 Å². The van der Waals surface area contributed by atoms with Gasteiger partial charge < -0.3 is 9.80 Å². The van der Waals surface area contributed by atoms with Crippen molar-refractivity contribution in [2.24, 2.45) is 5.92 Å². The van der Waals surface area contributed by atoms with Crippen LogP contribution in [0.3, 0.4) is 0 Å². The van der Waals surface area contributed by atoms with Crippen molar-refractivity contribution in [2.75, 3.05) is 25.4 Å². The molecule has 0 radical (unpaired) electrons.